The number of Topliss-reactive ketones (excluding diaryl/α,β-unsaturated/α-hetero) is 1. The van der Waals surface area contributed by atoms with E-state index in [9.17, 15) is 9.59 Å². The molecule has 0 saturated carbocycles. The van der Waals surface area contributed by atoms with Gasteiger partial charge in [-0.15, -0.1) is 0 Å². The predicted molar refractivity (Wildman–Crippen MR) is 73.6 cm³/mol. The molecule has 0 aromatic heterocycles. The fraction of sp³-hybridized carbons (Fsp3) is 0.846. The van der Waals surface area contributed by atoms with Gasteiger partial charge in [-0.05, 0) is 14.0 Å². The fourth-order valence-electron chi connectivity index (χ4n) is 1.61. The smallest absolute Gasteiger partial charge is 0.320 e. The largest absolute Gasteiger partial charge is 0.326 e. The zero-order chi connectivity index (χ0) is 14.5. The van der Waals surface area contributed by atoms with E-state index in [1.807, 2.05) is 27.8 Å². The van der Waals surface area contributed by atoms with Crippen molar-refractivity contribution in [3.8, 4) is 0 Å². The van der Waals surface area contributed by atoms with Crippen molar-refractivity contribution < 1.29 is 9.59 Å². The summed E-state index contributed by atoms with van der Waals surface area (Å²) in [7, 11) is 5.25. The van der Waals surface area contributed by atoms with Crippen LogP contribution in [0.1, 0.15) is 27.7 Å². The van der Waals surface area contributed by atoms with E-state index in [2.05, 4.69) is 5.32 Å². The van der Waals surface area contributed by atoms with Gasteiger partial charge in [0.05, 0.1) is 6.04 Å². The number of nitrogens with one attached hydrogen (secondary N) is 1. The molecule has 0 radical (unpaired) electrons. The van der Waals surface area contributed by atoms with E-state index in [0.717, 1.165) is 6.54 Å². The van der Waals surface area contributed by atoms with Gasteiger partial charge < -0.3 is 15.1 Å². The van der Waals surface area contributed by atoms with Crippen molar-refractivity contribution in [1.29, 1.82) is 0 Å². The highest BCUT2D eigenvalue weighted by Gasteiger charge is 2.31. The number of hydrogen-bond acceptors (Lipinski definition) is 3. The van der Waals surface area contributed by atoms with Crippen LogP contribution in [-0.2, 0) is 4.79 Å². The Bertz CT molecular complexity index is 297. The predicted octanol–water partition coefficient (Wildman–Crippen LogP) is 1.19. The molecule has 0 aromatic carbocycles. The Balaban J connectivity index is 4.59. The van der Waals surface area contributed by atoms with Crippen LogP contribution >= 0.6 is 0 Å². The van der Waals surface area contributed by atoms with Crippen LogP contribution in [0.2, 0.25) is 0 Å². The summed E-state index contributed by atoms with van der Waals surface area (Å²) in [5.41, 5.74) is -0.433. The molecule has 106 valence electrons. The normalized spacial score (nSPS) is 13.1. The van der Waals surface area contributed by atoms with Crippen molar-refractivity contribution in [2.75, 3.05) is 34.2 Å². The first kappa shape index (κ1) is 16.9. The zero-order valence-electron chi connectivity index (χ0n) is 12.7. The second-order valence-corrected chi connectivity index (χ2v) is 5.71. The lowest BCUT2D eigenvalue weighted by Gasteiger charge is -2.32. The van der Waals surface area contributed by atoms with Crippen molar-refractivity contribution >= 4 is 11.8 Å². The summed E-state index contributed by atoms with van der Waals surface area (Å²) >= 11 is 0. The monoisotopic (exact) mass is 257 g/mol. The number of rotatable bonds is 5. The van der Waals surface area contributed by atoms with E-state index in [-0.39, 0.29) is 11.8 Å². The van der Waals surface area contributed by atoms with Crippen LogP contribution in [-0.4, -0.2) is 61.9 Å². The van der Waals surface area contributed by atoms with Crippen LogP contribution < -0.4 is 5.32 Å². The third-order valence-electron chi connectivity index (χ3n) is 3.03. The summed E-state index contributed by atoms with van der Waals surface area (Å²) < 4.78 is 0. The third kappa shape index (κ3) is 4.64. The molecule has 5 heteroatoms. The summed E-state index contributed by atoms with van der Waals surface area (Å²) in [5, 5.41) is 2.99. The highest BCUT2D eigenvalue weighted by Crippen LogP contribution is 2.19. The highest BCUT2D eigenvalue weighted by molar-refractivity contribution is 5.91. The molecule has 18 heavy (non-hydrogen) atoms. The fourth-order valence-corrected chi connectivity index (χ4v) is 1.61. The lowest BCUT2D eigenvalue weighted by Crippen LogP contribution is -2.50. The molecule has 0 aliphatic carbocycles. The van der Waals surface area contributed by atoms with Crippen molar-refractivity contribution in [2.24, 2.45) is 5.41 Å². The first-order valence-corrected chi connectivity index (χ1v) is 6.29. The quantitative estimate of drug-likeness (QED) is 0.805. The summed E-state index contributed by atoms with van der Waals surface area (Å²) in [6.07, 6.45) is 0. The Hall–Kier alpha value is -1.10. The van der Waals surface area contributed by atoms with Crippen LogP contribution in [0.15, 0.2) is 0 Å². The van der Waals surface area contributed by atoms with Gasteiger partial charge in [0.15, 0.2) is 5.78 Å². The van der Waals surface area contributed by atoms with Crippen molar-refractivity contribution in [2.45, 2.75) is 33.7 Å². The first-order valence-electron chi connectivity index (χ1n) is 6.29. The minimum absolute atomic E-state index is 0.0698. The molecular weight excluding hydrogens is 230 g/mol. The third-order valence-corrected chi connectivity index (χ3v) is 3.03. The van der Waals surface area contributed by atoms with Crippen molar-refractivity contribution in [3.05, 3.63) is 0 Å². The number of nitrogens with zero attached hydrogens (tertiary/aromatic N) is 2. The SMILES string of the molecule is CNCCN(C)C(=O)N(C)C(C)C(=O)C(C)(C)C. The van der Waals surface area contributed by atoms with Gasteiger partial charge in [0.1, 0.15) is 0 Å². The number of ketones is 1. The minimum atomic E-state index is -0.433. The number of likely N-dealkylation sites (N-methyl/N-ethyl adjacent to an activating group) is 3. The van der Waals surface area contributed by atoms with E-state index in [1.165, 1.54) is 4.90 Å². The molecule has 1 atom stereocenters. The zero-order valence-corrected chi connectivity index (χ0v) is 12.7. The van der Waals surface area contributed by atoms with Gasteiger partial charge in [0, 0.05) is 32.6 Å². The average molecular weight is 257 g/mol. The number of hydrogen-bond donors (Lipinski definition) is 1. The van der Waals surface area contributed by atoms with Gasteiger partial charge >= 0.3 is 6.03 Å². The van der Waals surface area contributed by atoms with Crippen LogP contribution in [0, 0.1) is 5.41 Å². The number of carbonyl (C=O) groups excluding carboxylic acids is 2. The van der Waals surface area contributed by atoms with E-state index >= 15 is 0 Å². The highest BCUT2D eigenvalue weighted by atomic mass is 16.2. The molecule has 0 aliphatic rings. The maximum Gasteiger partial charge on any atom is 0.320 e. The van der Waals surface area contributed by atoms with Gasteiger partial charge in [-0.3, -0.25) is 4.79 Å². The van der Waals surface area contributed by atoms with Gasteiger partial charge in [-0.1, -0.05) is 20.8 Å². The van der Waals surface area contributed by atoms with Crippen LogP contribution in [0.4, 0.5) is 4.79 Å². The molecule has 0 aliphatic heterocycles. The van der Waals surface area contributed by atoms with Crippen LogP contribution in [0.25, 0.3) is 0 Å². The summed E-state index contributed by atoms with van der Waals surface area (Å²) in [6.45, 7) is 8.74. The topological polar surface area (TPSA) is 52.7 Å². The number of urea groups is 1. The molecule has 0 rings (SSSR count). The molecule has 0 saturated heterocycles. The molecule has 1 N–H and O–H groups in total. The molecule has 2 amide bonds. The molecule has 0 spiro atoms. The molecule has 0 aromatic rings. The first-order chi connectivity index (χ1) is 8.12. The molecular formula is C13H27N3O2. The van der Waals surface area contributed by atoms with Crippen LogP contribution in [0.3, 0.4) is 0 Å². The average Bonchev–Trinajstić information content (AvgIpc) is 2.30. The Morgan fingerprint density at radius 2 is 1.72 bits per heavy atom. The second kappa shape index (κ2) is 6.73. The number of amides is 2. The van der Waals surface area contributed by atoms with E-state index in [0.29, 0.717) is 6.54 Å². The van der Waals surface area contributed by atoms with Gasteiger partial charge in [-0.2, -0.15) is 0 Å². The van der Waals surface area contributed by atoms with E-state index in [4.69, 9.17) is 0 Å². The Morgan fingerprint density at radius 1 is 1.22 bits per heavy atom. The Morgan fingerprint density at radius 3 is 2.11 bits per heavy atom. The maximum absolute atomic E-state index is 12.1. The molecule has 5 nitrogen and oxygen atoms in total. The number of carbonyl (C=O) groups is 2. The van der Waals surface area contributed by atoms with Crippen LogP contribution in [0.5, 0.6) is 0 Å². The molecule has 0 heterocycles. The lowest BCUT2D eigenvalue weighted by molar-refractivity contribution is -0.130. The lowest BCUT2D eigenvalue weighted by atomic mass is 9.86. The van der Waals surface area contributed by atoms with E-state index < -0.39 is 11.5 Å². The summed E-state index contributed by atoms with van der Waals surface area (Å²) in [6, 6.07) is -0.537. The van der Waals surface area contributed by atoms with Crippen molar-refractivity contribution in [3.63, 3.8) is 0 Å². The Kier molecular flexibility index (Phi) is 6.32. The summed E-state index contributed by atoms with van der Waals surface area (Å²) in [5.74, 6) is 0.0698. The van der Waals surface area contributed by atoms with Gasteiger partial charge in [-0.25, -0.2) is 4.79 Å². The molecule has 1 unspecified atom stereocenters. The van der Waals surface area contributed by atoms with Gasteiger partial charge in [0.25, 0.3) is 0 Å². The van der Waals surface area contributed by atoms with Gasteiger partial charge in [0.2, 0.25) is 0 Å². The van der Waals surface area contributed by atoms with E-state index in [1.54, 1.807) is 25.9 Å². The minimum Gasteiger partial charge on any atom is -0.326 e. The second-order valence-electron chi connectivity index (χ2n) is 5.71. The summed E-state index contributed by atoms with van der Waals surface area (Å²) in [4.78, 5) is 27.3. The maximum atomic E-state index is 12.1. The van der Waals surface area contributed by atoms with Crippen molar-refractivity contribution in [1.82, 2.24) is 15.1 Å². The Labute approximate surface area is 111 Å². The molecule has 0 bridgehead atoms. The standard InChI is InChI=1S/C13H27N3O2/c1-10(11(17)13(2,3)4)16(7)12(18)15(6)9-8-14-5/h10,14H,8-9H2,1-7H3. The molecule has 0 fully saturated rings.